The number of hydrogen-bond donors (Lipinski definition) is 0. The molecule has 0 saturated heterocycles. The number of rotatable bonds is 5. The predicted molar refractivity (Wildman–Crippen MR) is 102 cm³/mol. The van der Waals surface area contributed by atoms with Crippen molar-refractivity contribution in [2.75, 3.05) is 0 Å². The minimum atomic E-state index is -0.762. The van der Waals surface area contributed by atoms with E-state index >= 15 is 0 Å². The van der Waals surface area contributed by atoms with Gasteiger partial charge in [0.25, 0.3) is 0 Å². The van der Waals surface area contributed by atoms with Gasteiger partial charge in [0.15, 0.2) is 0 Å². The van der Waals surface area contributed by atoms with Crippen molar-refractivity contribution in [3.63, 3.8) is 0 Å². The van der Waals surface area contributed by atoms with Crippen LogP contribution in [-0.2, 0) is 0 Å². The van der Waals surface area contributed by atoms with E-state index in [1.54, 1.807) is 0 Å². The predicted octanol–water partition coefficient (Wildman–Crippen LogP) is 4.41. The Hall–Kier alpha value is -2.12. The molecule has 0 spiro atoms. The Balaban J connectivity index is 1.92. The molecule has 3 rings (SSSR count). The number of aryl methyl sites for hydroxylation is 1. The van der Waals surface area contributed by atoms with Crippen molar-refractivity contribution in [3.8, 4) is 0 Å². The molecule has 0 bridgehead atoms. The second-order valence-electron chi connectivity index (χ2n) is 6.17. The van der Waals surface area contributed by atoms with Crippen LogP contribution in [0.5, 0.6) is 0 Å². The molecule has 1 atom stereocenters. The van der Waals surface area contributed by atoms with Crippen molar-refractivity contribution < 1.29 is 0 Å². The van der Waals surface area contributed by atoms with Gasteiger partial charge in [-0.15, -0.1) is 0 Å². The molecule has 0 aliphatic heterocycles. The van der Waals surface area contributed by atoms with Crippen LogP contribution in [0.2, 0.25) is 6.04 Å². The van der Waals surface area contributed by atoms with Gasteiger partial charge in [-0.25, -0.2) is 0 Å². The Morgan fingerprint density at radius 3 is 1.70 bits per heavy atom. The zero-order chi connectivity index (χ0) is 16.1. The average Bonchev–Trinajstić information content (AvgIpc) is 2.61. The third-order valence-electron chi connectivity index (χ3n) is 4.47. The van der Waals surface area contributed by atoms with Gasteiger partial charge in [0, 0.05) is 0 Å². The van der Waals surface area contributed by atoms with Gasteiger partial charge in [-0.05, 0) is 30.0 Å². The van der Waals surface area contributed by atoms with Gasteiger partial charge in [-0.2, -0.15) is 0 Å². The second-order valence-corrected chi connectivity index (χ2v) is 8.69. The third kappa shape index (κ3) is 3.80. The van der Waals surface area contributed by atoms with Gasteiger partial charge in [0.1, 0.15) is 8.80 Å². The van der Waals surface area contributed by atoms with E-state index < -0.39 is 8.80 Å². The summed E-state index contributed by atoms with van der Waals surface area (Å²) in [7, 11) is -0.762. The molecule has 3 aromatic carbocycles. The molecule has 3 aromatic rings. The van der Waals surface area contributed by atoms with Gasteiger partial charge in [-0.3, -0.25) is 0 Å². The first kappa shape index (κ1) is 15.8. The van der Waals surface area contributed by atoms with Crippen LogP contribution in [0.3, 0.4) is 0 Å². The van der Waals surface area contributed by atoms with Crippen molar-refractivity contribution in [1.82, 2.24) is 0 Å². The van der Waals surface area contributed by atoms with Gasteiger partial charge in [0.05, 0.1) is 0 Å². The number of hydrogen-bond acceptors (Lipinski definition) is 0. The third-order valence-corrected chi connectivity index (χ3v) is 7.56. The summed E-state index contributed by atoms with van der Waals surface area (Å²) in [5.41, 5.74) is 2.89. The molecule has 0 aromatic heterocycles. The molecule has 0 aliphatic rings. The summed E-state index contributed by atoms with van der Waals surface area (Å²) < 4.78 is 0. The van der Waals surface area contributed by atoms with Gasteiger partial charge >= 0.3 is 0 Å². The van der Waals surface area contributed by atoms with Crippen LogP contribution in [0.1, 0.15) is 24.0 Å². The molecule has 0 unspecified atom stereocenters. The highest BCUT2D eigenvalue weighted by Crippen LogP contribution is 2.24. The van der Waals surface area contributed by atoms with E-state index in [1.807, 2.05) is 0 Å². The normalized spacial score (nSPS) is 12.3. The Kier molecular flexibility index (Phi) is 5.09. The van der Waals surface area contributed by atoms with E-state index in [1.165, 1.54) is 27.5 Å². The summed E-state index contributed by atoms with van der Waals surface area (Å²) in [5.74, 6) is 0.575. The molecular formula is C22H23Si. The molecule has 0 aliphatic carbocycles. The first-order chi connectivity index (χ1) is 11.3. The van der Waals surface area contributed by atoms with Crippen LogP contribution >= 0.6 is 0 Å². The summed E-state index contributed by atoms with van der Waals surface area (Å²) in [6.45, 7) is 4.60. The zero-order valence-electron chi connectivity index (χ0n) is 13.9. The summed E-state index contributed by atoms with van der Waals surface area (Å²) in [6.07, 6.45) is 0. The molecule has 0 nitrogen and oxygen atoms in total. The fourth-order valence-electron chi connectivity index (χ4n) is 3.24. The molecule has 0 heterocycles. The van der Waals surface area contributed by atoms with E-state index in [0.29, 0.717) is 5.92 Å². The highest BCUT2D eigenvalue weighted by molar-refractivity contribution is 6.85. The minimum Gasteiger partial charge on any atom is -0.0628 e. The van der Waals surface area contributed by atoms with Crippen LogP contribution in [-0.4, -0.2) is 8.80 Å². The van der Waals surface area contributed by atoms with Crippen LogP contribution < -0.4 is 10.4 Å². The Morgan fingerprint density at radius 1 is 0.696 bits per heavy atom. The molecule has 0 N–H and O–H groups in total. The van der Waals surface area contributed by atoms with Crippen LogP contribution in [0, 0.1) is 6.92 Å². The summed E-state index contributed by atoms with van der Waals surface area (Å²) in [6, 6.07) is 32.1. The van der Waals surface area contributed by atoms with Crippen molar-refractivity contribution in [3.05, 3.63) is 96.1 Å². The Bertz CT molecular complexity index is 695. The summed E-state index contributed by atoms with van der Waals surface area (Å²) in [5, 5.41) is 3.01. The molecular weight excluding hydrogens is 292 g/mol. The second kappa shape index (κ2) is 7.43. The average molecular weight is 316 g/mol. The minimum absolute atomic E-state index is 0.575. The highest BCUT2D eigenvalue weighted by atomic mass is 28.3. The van der Waals surface area contributed by atoms with Gasteiger partial charge < -0.3 is 0 Å². The van der Waals surface area contributed by atoms with Crippen molar-refractivity contribution in [2.45, 2.75) is 25.8 Å². The van der Waals surface area contributed by atoms with E-state index in [0.717, 1.165) is 0 Å². The maximum absolute atomic E-state index is 2.37. The fraction of sp³-hybridized carbons (Fsp3) is 0.182. The van der Waals surface area contributed by atoms with E-state index in [2.05, 4.69) is 98.8 Å². The molecule has 23 heavy (non-hydrogen) atoms. The molecule has 1 radical (unpaired) electrons. The molecule has 1 heteroatoms. The lowest BCUT2D eigenvalue weighted by Gasteiger charge is -2.22. The van der Waals surface area contributed by atoms with Gasteiger partial charge in [0.2, 0.25) is 0 Å². The lowest BCUT2D eigenvalue weighted by atomic mass is 9.98. The molecule has 0 fully saturated rings. The maximum Gasteiger partial charge on any atom is 0.122 e. The van der Waals surface area contributed by atoms with Crippen molar-refractivity contribution >= 4 is 19.2 Å². The van der Waals surface area contributed by atoms with Crippen LogP contribution in [0.4, 0.5) is 0 Å². The fourth-order valence-corrected chi connectivity index (χ4v) is 6.06. The van der Waals surface area contributed by atoms with Crippen LogP contribution in [0.25, 0.3) is 0 Å². The lowest BCUT2D eigenvalue weighted by molar-refractivity contribution is 0.847. The first-order valence-electron chi connectivity index (χ1n) is 8.28. The smallest absolute Gasteiger partial charge is 0.0628 e. The zero-order valence-corrected chi connectivity index (χ0v) is 14.9. The van der Waals surface area contributed by atoms with Crippen molar-refractivity contribution in [1.29, 1.82) is 0 Å². The number of benzene rings is 3. The van der Waals surface area contributed by atoms with Crippen LogP contribution in [0.15, 0.2) is 84.9 Å². The molecule has 115 valence electrons. The summed E-state index contributed by atoms with van der Waals surface area (Å²) >= 11 is 0. The molecule has 0 saturated carbocycles. The standard InChI is InChI=1S/C22H23Si/c1-18-11-9-10-16-22(18)19(2)17-23(20-12-5-3-6-13-20)21-14-7-4-8-15-21/h3-16,19H,17H2,1-2H3/t19-/m1/s1. The highest BCUT2D eigenvalue weighted by Gasteiger charge is 2.21. The Labute approximate surface area is 141 Å². The SMILES string of the molecule is Cc1ccccc1[C@H](C)C[Si](c1ccccc1)c1ccccc1. The van der Waals surface area contributed by atoms with E-state index in [-0.39, 0.29) is 0 Å². The summed E-state index contributed by atoms with van der Waals surface area (Å²) in [4.78, 5) is 0. The lowest BCUT2D eigenvalue weighted by Crippen LogP contribution is -2.42. The quantitative estimate of drug-likeness (QED) is 0.612. The Morgan fingerprint density at radius 2 is 1.17 bits per heavy atom. The maximum atomic E-state index is 2.37. The molecule has 0 amide bonds. The van der Waals surface area contributed by atoms with E-state index in [4.69, 9.17) is 0 Å². The van der Waals surface area contributed by atoms with Crippen molar-refractivity contribution in [2.24, 2.45) is 0 Å². The van der Waals surface area contributed by atoms with Gasteiger partial charge in [-0.1, -0.05) is 102 Å². The monoisotopic (exact) mass is 315 g/mol. The topological polar surface area (TPSA) is 0 Å². The van der Waals surface area contributed by atoms with E-state index in [9.17, 15) is 0 Å². The largest absolute Gasteiger partial charge is 0.122 e. The first-order valence-corrected chi connectivity index (χ1v) is 9.98.